The van der Waals surface area contributed by atoms with E-state index in [9.17, 15) is 9.90 Å². The van der Waals surface area contributed by atoms with Crippen LogP contribution in [0.5, 0.6) is 5.75 Å². The largest absolute Gasteiger partial charge is 0.508 e. The van der Waals surface area contributed by atoms with Crippen LogP contribution in [0.25, 0.3) is 0 Å². The third-order valence-electron chi connectivity index (χ3n) is 1.89. The second-order valence-electron chi connectivity index (χ2n) is 3.28. The third-order valence-corrected chi connectivity index (χ3v) is 1.89. The number of nitrogens with two attached hydrogens (primary N) is 1. The summed E-state index contributed by atoms with van der Waals surface area (Å²) in [6, 6.07) is 4.38. The van der Waals surface area contributed by atoms with Crippen LogP contribution in [-0.2, 0) is 4.79 Å². The fourth-order valence-corrected chi connectivity index (χ4v) is 0.943. The minimum atomic E-state index is -0.557. The molecule has 0 fully saturated rings. The smallest absolute Gasteiger partial charge is 0.241 e. The van der Waals surface area contributed by atoms with E-state index in [2.05, 4.69) is 5.32 Å². The molecule has 0 unspecified atom stereocenters. The van der Waals surface area contributed by atoms with Gasteiger partial charge in [0, 0.05) is 11.8 Å². The first-order valence-corrected chi connectivity index (χ1v) is 4.37. The first-order valence-electron chi connectivity index (χ1n) is 4.37. The van der Waals surface area contributed by atoms with Crippen molar-refractivity contribution in [3.8, 4) is 5.75 Å². The summed E-state index contributed by atoms with van der Waals surface area (Å²) in [5, 5.41) is 12.0. The molecule has 0 saturated carbocycles. The highest BCUT2D eigenvalue weighted by molar-refractivity contribution is 5.94. The number of hydrogen-bond donors (Lipinski definition) is 3. The van der Waals surface area contributed by atoms with Crippen LogP contribution in [0, 0.1) is 6.92 Å². The molecule has 4 N–H and O–H groups in total. The Morgan fingerprint density at radius 2 is 2.21 bits per heavy atom. The fraction of sp³-hybridized carbons (Fsp3) is 0.300. The minimum absolute atomic E-state index is 0.160. The van der Waals surface area contributed by atoms with Crippen LogP contribution in [0.15, 0.2) is 18.2 Å². The summed E-state index contributed by atoms with van der Waals surface area (Å²) < 4.78 is 0. The van der Waals surface area contributed by atoms with Gasteiger partial charge in [-0.2, -0.15) is 0 Å². The number of carbonyl (C=O) groups excluding carboxylic acids is 1. The number of aromatic hydroxyl groups is 1. The molecule has 1 aromatic carbocycles. The van der Waals surface area contributed by atoms with Crippen LogP contribution < -0.4 is 11.1 Å². The van der Waals surface area contributed by atoms with Crippen LogP contribution in [0.1, 0.15) is 12.5 Å². The Bertz CT molecular complexity index is 348. The molecule has 0 aromatic heterocycles. The number of anilines is 1. The number of aryl methyl sites for hydroxylation is 1. The van der Waals surface area contributed by atoms with Crippen LogP contribution >= 0.6 is 0 Å². The van der Waals surface area contributed by atoms with Gasteiger partial charge in [-0.3, -0.25) is 4.79 Å². The highest BCUT2D eigenvalue weighted by Crippen LogP contribution is 2.20. The Kier molecular flexibility index (Phi) is 3.09. The third kappa shape index (κ3) is 2.47. The van der Waals surface area contributed by atoms with Gasteiger partial charge < -0.3 is 16.2 Å². The summed E-state index contributed by atoms with van der Waals surface area (Å²) in [5.74, 6) is -0.110. The molecule has 0 heterocycles. The predicted molar refractivity (Wildman–Crippen MR) is 55.1 cm³/mol. The first kappa shape index (κ1) is 10.5. The van der Waals surface area contributed by atoms with E-state index in [1.54, 1.807) is 26.0 Å². The zero-order chi connectivity index (χ0) is 10.7. The summed E-state index contributed by atoms with van der Waals surface area (Å²) in [4.78, 5) is 11.2. The van der Waals surface area contributed by atoms with Crippen LogP contribution in [0.2, 0.25) is 0 Å². The number of phenols is 1. The Morgan fingerprint density at radius 1 is 1.57 bits per heavy atom. The van der Waals surface area contributed by atoms with Crippen molar-refractivity contribution in [2.75, 3.05) is 5.32 Å². The monoisotopic (exact) mass is 194 g/mol. The molecule has 4 nitrogen and oxygen atoms in total. The van der Waals surface area contributed by atoms with E-state index in [4.69, 9.17) is 5.73 Å². The van der Waals surface area contributed by atoms with E-state index in [1.807, 2.05) is 0 Å². The van der Waals surface area contributed by atoms with E-state index < -0.39 is 6.04 Å². The van der Waals surface area contributed by atoms with E-state index in [0.717, 1.165) is 5.56 Å². The summed E-state index contributed by atoms with van der Waals surface area (Å²) in [6.07, 6.45) is 0. The lowest BCUT2D eigenvalue weighted by Gasteiger charge is -2.08. The highest BCUT2D eigenvalue weighted by atomic mass is 16.3. The van der Waals surface area contributed by atoms with E-state index in [0.29, 0.717) is 5.69 Å². The lowest BCUT2D eigenvalue weighted by Crippen LogP contribution is -2.32. The molecule has 14 heavy (non-hydrogen) atoms. The van der Waals surface area contributed by atoms with Gasteiger partial charge in [0.15, 0.2) is 0 Å². The molecule has 0 spiro atoms. The van der Waals surface area contributed by atoms with Gasteiger partial charge in [-0.25, -0.2) is 0 Å². The standard InChI is InChI=1S/C10H14N2O2/c1-6-3-4-8(5-9(6)13)12-10(14)7(2)11/h3-5,7,13H,11H2,1-2H3,(H,12,14)/t7-/m1/s1. The maximum atomic E-state index is 11.2. The fourth-order valence-electron chi connectivity index (χ4n) is 0.943. The number of rotatable bonds is 2. The summed E-state index contributed by atoms with van der Waals surface area (Å²) in [6.45, 7) is 3.38. The van der Waals surface area contributed by atoms with Crippen molar-refractivity contribution in [1.29, 1.82) is 0 Å². The van der Waals surface area contributed by atoms with Crippen molar-refractivity contribution in [3.63, 3.8) is 0 Å². The molecule has 0 aliphatic rings. The van der Waals surface area contributed by atoms with Gasteiger partial charge in [0.1, 0.15) is 5.75 Å². The Balaban J connectivity index is 2.78. The van der Waals surface area contributed by atoms with Crippen LogP contribution in [0.3, 0.4) is 0 Å². The van der Waals surface area contributed by atoms with Crippen molar-refractivity contribution in [3.05, 3.63) is 23.8 Å². The minimum Gasteiger partial charge on any atom is -0.508 e. The molecule has 1 aromatic rings. The van der Waals surface area contributed by atoms with Gasteiger partial charge in [-0.05, 0) is 25.5 Å². The van der Waals surface area contributed by atoms with E-state index in [1.165, 1.54) is 6.07 Å². The number of carbonyl (C=O) groups is 1. The van der Waals surface area contributed by atoms with Crippen molar-refractivity contribution in [1.82, 2.24) is 0 Å². The van der Waals surface area contributed by atoms with Crippen molar-refractivity contribution >= 4 is 11.6 Å². The van der Waals surface area contributed by atoms with Crippen molar-refractivity contribution < 1.29 is 9.90 Å². The van der Waals surface area contributed by atoms with Crippen LogP contribution in [-0.4, -0.2) is 17.1 Å². The van der Waals surface area contributed by atoms with Crippen molar-refractivity contribution in [2.24, 2.45) is 5.73 Å². The van der Waals surface area contributed by atoms with Crippen molar-refractivity contribution in [2.45, 2.75) is 19.9 Å². The number of nitrogens with one attached hydrogen (secondary N) is 1. The first-order chi connectivity index (χ1) is 6.50. The molecule has 1 rings (SSSR count). The normalized spacial score (nSPS) is 12.2. The lowest BCUT2D eigenvalue weighted by molar-refractivity contribution is -0.117. The quantitative estimate of drug-likeness (QED) is 0.657. The summed E-state index contributed by atoms with van der Waals surface area (Å²) in [7, 11) is 0. The molecule has 1 atom stereocenters. The topological polar surface area (TPSA) is 75.4 Å². The van der Waals surface area contributed by atoms with E-state index >= 15 is 0 Å². The Morgan fingerprint density at radius 3 is 2.71 bits per heavy atom. The molecule has 0 bridgehead atoms. The molecule has 0 aliphatic carbocycles. The second kappa shape index (κ2) is 4.11. The lowest BCUT2D eigenvalue weighted by atomic mass is 10.2. The van der Waals surface area contributed by atoms with Gasteiger partial charge in [0.05, 0.1) is 6.04 Å². The average molecular weight is 194 g/mol. The summed E-state index contributed by atoms with van der Waals surface area (Å²) in [5.41, 5.74) is 6.70. The van der Waals surface area contributed by atoms with Gasteiger partial charge in [-0.1, -0.05) is 6.07 Å². The average Bonchev–Trinajstić information content (AvgIpc) is 2.11. The van der Waals surface area contributed by atoms with Gasteiger partial charge in [0.2, 0.25) is 5.91 Å². The number of benzene rings is 1. The summed E-state index contributed by atoms with van der Waals surface area (Å²) >= 11 is 0. The zero-order valence-corrected chi connectivity index (χ0v) is 8.24. The Labute approximate surface area is 82.7 Å². The van der Waals surface area contributed by atoms with Gasteiger partial charge in [0.25, 0.3) is 0 Å². The molecule has 1 amide bonds. The van der Waals surface area contributed by atoms with Crippen LogP contribution in [0.4, 0.5) is 5.69 Å². The molecule has 76 valence electrons. The highest BCUT2D eigenvalue weighted by Gasteiger charge is 2.07. The number of amides is 1. The van der Waals surface area contributed by atoms with Gasteiger partial charge in [-0.15, -0.1) is 0 Å². The molecular weight excluding hydrogens is 180 g/mol. The molecule has 0 radical (unpaired) electrons. The molecule has 0 saturated heterocycles. The SMILES string of the molecule is Cc1ccc(NC(=O)[C@@H](C)N)cc1O. The number of phenolic OH excluding ortho intramolecular Hbond substituents is 1. The Hall–Kier alpha value is -1.55. The maximum Gasteiger partial charge on any atom is 0.241 e. The van der Waals surface area contributed by atoms with Gasteiger partial charge >= 0.3 is 0 Å². The zero-order valence-electron chi connectivity index (χ0n) is 8.24. The predicted octanol–water partition coefficient (Wildman–Crippen LogP) is 0.986. The molecule has 0 aliphatic heterocycles. The van der Waals surface area contributed by atoms with E-state index in [-0.39, 0.29) is 11.7 Å². The maximum absolute atomic E-state index is 11.2. The second-order valence-corrected chi connectivity index (χ2v) is 3.28. The number of hydrogen-bond acceptors (Lipinski definition) is 3. The molecular formula is C10H14N2O2. The molecule has 4 heteroatoms.